The Bertz CT molecular complexity index is 767. The summed E-state index contributed by atoms with van der Waals surface area (Å²) < 4.78 is 5.55. The Balaban J connectivity index is 1.78. The molecule has 23 heavy (non-hydrogen) atoms. The zero-order valence-corrected chi connectivity index (χ0v) is 13.2. The molecule has 1 heterocycles. The normalized spacial score (nSPS) is 15.2. The number of nitro groups is 1. The number of nitrogens with one attached hydrogen (secondary N) is 1. The minimum Gasteiger partial charge on any atom is -0.451 e. The first-order valence-electron chi connectivity index (χ1n) is 7.30. The second kappa shape index (κ2) is 6.04. The lowest BCUT2D eigenvalue weighted by molar-refractivity contribution is -0.384. The molecule has 3 rings (SSSR count). The fourth-order valence-electron chi connectivity index (χ4n) is 2.41. The maximum absolute atomic E-state index is 12.1. The van der Waals surface area contributed by atoms with Crippen LogP contribution in [0, 0.1) is 16.0 Å². The van der Waals surface area contributed by atoms with Crippen molar-refractivity contribution < 1.29 is 14.1 Å². The lowest BCUT2D eigenvalue weighted by Gasteiger charge is -2.11. The lowest BCUT2D eigenvalue weighted by Crippen LogP contribution is -2.33. The molecule has 0 bridgehead atoms. The molecule has 1 saturated carbocycles. The first kappa shape index (κ1) is 15.6. The number of hydrogen-bond acceptors (Lipinski definition) is 4. The standard InChI is InChI=1S/C16H15ClN2O4/c1-9(10-2-3-10)18-16(20)15-7-6-14(23-15)12-5-4-11(19(21)22)8-13(12)17/h4-10H,2-3H2,1H3,(H,18,20). The Morgan fingerprint density at radius 1 is 1.39 bits per heavy atom. The molecular formula is C16H15ClN2O4. The van der Waals surface area contributed by atoms with E-state index in [1.807, 2.05) is 6.92 Å². The molecule has 1 N–H and O–H groups in total. The number of halogens is 1. The SMILES string of the molecule is CC(NC(=O)c1ccc(-c2ccc([N+](=O)[O-])cc2Cl)o1)C1CC1. The van der Waals surface area contributed by atoms with E-state index in [2.05, 4.69) is 5.32 Å². The van der Waals surface area contributed by atoms with Crippen LogP contribution in [-0.2, 0) is 0 Å². The average molecular weight is 335 g/mol. The van der Waals surface area contributed by atoms with Crippen LogP contribution in [0.25, 0.3) is 11.3 Å². The lowest BCUT2D eigenvalue weighted by atomic mass is 10.1. The van der Waals surface area contributed by atoms with Gasteiger partial charge in [-0.25, -0.2) is 0 Å². The maximum atomic E-state index is 12.1. The summed E-state index contributed by atoms with van der Waals surface area (Å²) in [5.74, 6) is 0.877. The quantitative estimate of drug-likeness (QED) is 0.660. The number of furan rings is 1. The number of nitrogens with zero attached hydrogens (tertiary/aromatic N) is 1. The summed E-state index contributed by atoms with van der Waals surface area (Å²) in [4.78, 5) is 22.3. The van der Waals surface area contributed by atoms with Gasteiger partial charge in [-0.1, -0.05) is 11.6 Å². The van der Waals surface area contributed by atoms with Crippen molar-refractivity contribution in [1.29, 1.82) is 0 Å². The molecule has 1 fully saturated rings. The van der Waals surface area contributed by atoms with Gasteiger partial charge < -0.3 is 9.73 Å². The van der Waals surface area contributed by atoms with Gasteiger partial charge in [-0.2, -0.15) is 0 Å². The molecular weight excluding hydrogens is 320 g/mol. The summed E-state index contributed by atoms with van der Waals surface area (Å²) in [5, 5.41) is 13.8. The first-order valence-corrected chi connectivity index (χ1v) is 7.68. The second-order valence-corrected chi connectivity index (χ2v) is 6.09. The molecule has 1 amide bonds. The van der Waals surface area contributed by atoms with Gasteiger partial charge in [0, 0.05) is 23.7 Å². The maximum Gasteiger partial charge on any atom is 0.287 e. The molecule has 1 aromatic carbocycles. The molecule has 2 aromatic rings. The summed E-state index contributed by atoms with van der Waals surface area (Å²) in [7, 11) is 0. The van der Waals surface area contributed by atoms with E-state index in [9.17, 15) is 14.9 Å². The number of nitro benzene ring substituents is 1. The van der Waals surface area contributed by atoms with Gasteiger partial charge >= 0.3 is 0 Å². The molecule has 0 spiro atoms. The van der Waals surface area contributed by atoms with Crippen molar-refractivity contribution in [2.24, 2.45) is 5.92 Å². The van der Waals surface area contributed by atoms with Crippen LogP contribution in [0.1, 0.15) is 30.3 Å². The van der Waals surface area contributed by atoms with Crippen LogP contribution >= 0.6 is 11.6 Å². The van der Waals surface area contributed by atoms with Crippen molar-refractivity contribution in [3.05, 3.63) is 51.2 Å². The van der Waals surface area contributed by atoms with E-state index in [0.717, 1.165) is 12.8 Å². The van der Waals surface area contributed by atoms with E-state index in [0.29, 0.717) is 17.2 Å². The predicted octanol–water partition coefficient (Wildman–Crippen LogP) is 4.04. The summed E-state index contributed by atoms with van der Waals surface area (Å²) in [6.45, 7) is 1.98. The molecule has 120 valence electrons. The van der Waals surface area contributed by atoms with Crippen molar-refractivity contribution in [2.45, 2.75) is 25.8 Å². The molecule has 1 atom stereocenters. The zero-order valence-electron chi connectivity index (χ0n) is 12.4. The molecule has 1 aliphatic rings. The van der Waals surface area contributed by atoms with E-state index < -0.39 is 4.92 Å². The van der Waals surface area contributed by atoms with Gasteiger partial charge in [0.25, 0.3) is 11.6 Å². The molecule has 0 radical (unpaired) electrons. The van der Waals surface area contributed by atoms with Crippen LogP contribution in [0.3, 0.4) is 0 Å². The van der Waals surface area contributed by atoms with Gasteiger partial charge in [0.2, 0.25) is 0 Å². The van der Waals surface area contributed by atoms with E-state index in [1.165, 1.54) is 18.2 Å². The zero-order chi connectivity index (χ0) is 16.6. The van der Waals surface area contributed by atoms with Crippen LogP contribution < -0.4 is 5.32 Å². The number of amides is 1. The fourth-order valence-corrected chi connectivity index (χ4v) is 2.68. The van der Waals surface area contributed by atoms with Crippen molar-refractivity contribution >= 4 is 23.2 Å². The van der Waals surface area contributed by atoms with Gasteiger partial charge in [0.15, 0.2) is 5.76 Å². The molecule has 1 aromatic heterocycles. The molecule has 1 aliphatic carbocycles. The van der Waals surface area contributed by atoms with Gasteiger partial charge in [-0.05, 0) is 43.9 Å². The van der Waals surface area contributed by atoms with Gasteiger partial charge in [0.1, 0.15) is 5.76 Å². The number of carbonyl (C=O) groups is 1. The molecule has 0 saturated heterocycles. The number of carbonyl (C=O) groups excluding carboxylic acids is 1. The Hall–Kier alpha value is -2.34. The number of hydrogen-bond donors (Lipinski definition) is 1. The highest BCUT2D eigenvalue weighted by molar-refractivity contribution is 6.33. The van der Waals surface area contributed by atoms with Gasteiger partial charge in [-0.15, -0.1) is 0 Å². The summed E-state index contributed by atoms with van der Waals surface area (Å²) in [6, 6.07) is 7.44. The predicted molar refractivity (Wildman–Crippen MR) is 85.5 cm³/mol. The van der Waals surface area contributed by atoms with Crippen LogP contribution in [0.5, 0.6) is 0 Å². The van der Waals surface area contributed by atoms with Crippen LogP contribution in [0.4, 0.5) is 5.69 Å². The largest absolute Gasteiger partial charge is 0.451 e. The third kappa shape index (κ3) is 3.37. The van der Waals surface area contributed by atoms with Crippen molar-refractivity contribution in [2.75, 3.05) is 0 Å². The average Bonchev–Trinajstić information content (AvgIpc) is 3.25. The summed E-state index contributed by atoms with van der Waals surface area (Å²) >= 11 is 6.07. The Morgan fingerprint density at radius 2 is 2.13 bits per heavy atom. The second-order valence-electron chi connectivity index (χ2n) is 5.68. The van der Waals surface area contributed by atoms with Crippen LogP contribution in [0.2, 0.25) is 5.02 Å². The third-order valence-corrected chi connectivity index (χ3v) is 4.26. The Labute approximate surface area is 137 Å². The summed E-state index contributed by atoms with van der Waals surface area (Å²) in [5.41, 5.74) is 0.410. The molecule has 6 nitrogen and oxygen atoms in total. The van der Waals surface area contributed by atoms with E-state index >= 15 is 0 Å². The van der Waals surface area contributed by atoms with Gasteiger partial charge in [-0.3, -0.25) is 14.9 Å². The summed E-state index contributed by atoms with van der Waals surface area (Å²) in [6.07, 6.45) is 2.28. The highest BCUT2D eigenvalue weighted by Crippen LogP contribution is 2.33. The van der Waals surface area contributed by atoms with Crippen molar-refractivity contribution in [3.63, 3.8) is 0 Å². The van der Waals surface area contributed by atoms with E-state index in [4.69, 9.17) is 16.0 Å². The van der Waals surface area contributed by atoms with Crippen LogP contribution in [0.15, 0.2) is 34.7 Å². The molecule has 1 unspecified atom stereocenters. The Kier molecular flexibility index (Phi) is 4.09. The Morgan fingerprint density at radius 3 is 2.74 bits per heavy atom. The van der Waals surface area contributed by atoms with Crippen molar-refractivity contribution in [1.82, 2.24) is 5.32 Å². The number of non-ortho nitro benzene ring substituents is 1. The highest BCUT2D eigenvalue weighted by Gasteiger charge is 2.29. The van der Waals surface area contributed by atoms with Crippen molar-refractivity contribution in [3.8, 4) is 11.3 Å². The molecule has 0 aliphatic heterocycles. The minimum atomic E-state index is -0.518. The smallest absolute Gasteiger partial charge is 0.287 e. The third-order valence-electron chi connectivity index (χ3n) is 3.95. The molecule has 7 heteroatoms. The fraction of sp³-hybridized carbons (Fsp3) is 0.312. The minimum absolute atomic E-state index is 0.0958. The van der Waals surface area contributed by atoms with Gasteiger partial charge in [0.05, 0.1) is 9.95 Å². The number of rotatable bonds is 5. The monoisotopic (exact) mass is 334 g/mol. The highest BCUT2D eigenvalue weighted by atomic mass is 35.5. The first-order chi connectivity index (χ1) is 11.0. The number of benzene rings is 1. The topological polar surface area (TPSA) is 85.4 Å². The van der Waals surface area contributed by atoms with E-state index in [-0.39, 0.29) is 28.4 Å². The van der Waals surface area contributed by atoms with E-state index in [1.54, 1.807) is 12.1 Å². The van der Waals surface area contributed by atoms with Crippen LogP contribution in [-0.4, -0.2) is 16.9 Å².